The van der Waals surface area contributed by atoms with Gasteiger partial charge in [0.2, 0.25) is 0 Å². The van der Waals surface area contributed by atoms with Crippen molar-refractivity contribution in [1.82, 2.24) is 0 Å². The number of ether oxygens (including phenoxy) is 1. The van der Waals surface area contributed by atoms with Gasteiger partial charge in [0.25, 0.3) is 0 Å². The molecule has 1 heterocycles. The van der Waals surface area contributed by atoms with E-state index in [1.165, 1.54) is 0 Å². The van der Waals surface area contributed by atoms with Crippen LogP contribution in [0.4, 0.5) is 22.0 Å². The van der Waals surface area contributed by atoms with E-state index >= 15 is 4.39 Å². The molecule has 2 aliphatic rings. The van der Waals surface area contributed by atoms with E-state index in [0.717, 1.165) is 24.3 Å². The Morgan fingerprint density at radius 2 is 1.69 bits per heavy atom. The van der Waals surface area contributed by atoms with Gasteiger partial charge in [0.05, 0.1) is 28.7 Å². The van der Waals surface area contributed by atoms with Gasteiger partial charge in [0, 0.05) is 18.4 Å². The molecule has 1 aliphatic heterocycles. The van der Waals surface area contributed by atoms with E-state index < -0.39 is 85.3 Å². The van der Waals surface area contributed by atoms with Gasteiger partial charge < -0.3 is 14.9 Å². The maximum atomic E-state index is 15.1. The summed E-state index contributed by atoms with van der Waals surface area (Å²) in [6, 6.07) is 4.28. The third kappa shape index (κ3) is 3.20. The number of rotatable bonds is 3. The molecule has 1 saturated carbocycles. The zero-order valence-electron chi connectivity index (χ0n) is 16.4. The van der Waals surface area contributed by atoms with Gasteiger partial charge in [0.1, 0.15) is 10.6 Å². The van der Waals surface area contributed by atoms with Crippen LogP contribution in [0.15, 0.2) is 41.3 Å². The van der Waals surface area contributed by atoms with Crippen LogP contribution in [-0.2, 0) is 20.8 Å². The highest BCUT2D eigenvalue weighted by Gasteiger charge is 2.62. The zero-order chi connectivity index (χ0) is 23.5. The topological polar surface area (TPSA) is 83.8 Å². The molecule has 1 fully saturated rings. The Balaban J connectivity index is 1.98. The predicted molar refractivity (Wildman–Crippen MR) is 101 cm³/mol. The van der Waals surface area contributed by atoms with Crippen molar-refractivity contribution in [3.8, 4) is 5.75 Å². The molecule has 2 aromatic rings. The molecule has 4 atom stereocenters. The molecule has 5 nitrogen and oxygen atoms in total. The van der Waals surface area contributed by atoms with Crippen LogP contribution < -0.4 is 4.74 Å². The molecule has 4 rings (SSSR count). The highest BCUT2D eigenvalue weighted by molar-refractivity contribution is 7.92. The Labute approximate surface area is 180 Å². The van der Waals surface area contributed by atoms with Crippen LogP contribution in [0.1, 0.15) is 24.0 Å². The number of sulfone groups is 1. The Morgan fingerprint density at radius 3 is 2.28 bits per heavy atom. The first-order chi connectivity index (χ1) is 14.9. The van der Waals surface area contributed by atoms with Crippen LogP contribution in [0.25, 0.3) is 0 Å². The number of aliphatic hydroxyl groups excluding tert-OH is 2. The molecule has 0 amide bonds. The Bertz CT molecular complexity index is 1130. The minimum Gasteiger partial charge on any atom is -0.490 e. The van der Waals surface area contributed by atoms with Gasteiger partial charge in [-0.2, -0.15) is 13.2 Å². The molecule has 0 radical (unpaired) electrons. The fraction of sp³-hybridized carbons (Fsp3) is 0.429. The number of benzene rings is 2. The number of alkyl halides is 3. The Kier molecular flexibility index (Phi) is 5.50. The summed E-state index contributed by atoms with van der Waals surface area (Å²) in [4.78, 5) is -0.514. The lowest BCUT2D eigenvalue weighted by molar-refractivity contribution is -0.137. The summed E-state index contributed by atoms with van der Waals surface area (Å²) in [6.45, 7) is -1.08. The van der Waals surface area contributed by atoms with Crippen molar-refractivity contribution in [2.24, 2.45) is 11.8 Å². The van der Waals surface area contributed by atoms with E-state index in [2.05, 4.69) is 0 Å². The fourth-order valence-corrected chi connectivity index (χ4v) is 7.34. The number of hydrogen-bond donors (Lipinski definition) is 2. The average Bonchev–Trinajstić information content (AvgIpc) is 2.75. The fourth-order valence-electron chi connectivity index (χ4n) is 4.94. The predicted octanol–water partition coefficient (Wildman–Crippen LogP) is 3.42. The van der Waals surface area contributed by atoms with Gasteiger partial charge in [-0.05, 0) is 49.2 Å². The first kappa shape index (κ1) is 22.9. The highest BCUT2D eigenvalue weighted by atomic mass is 32.2. The maximum Gasteiger partial charge on any atom is 0.416 e. The number of halogens is 5. The van der Waals surface area contributed by atoms with Gasteiger partial charge in [-0.15, -0.1) is 0 Å². The molecule has 0 bridgehead atoms. The van der Waals surface area contributed by atoms with E-state index in [-0.39, 0.29) is 12.8 Å². The summed E-state index contributed by atoms with van der Waals surface area (Å²) in [6.07, 6.45) is -6.31. The van der Waals surface area contributed by atoms with Gasteiger partial charge in [0.15, 0.2) is 21.4 Å². The van der Waals surface area contributed by atoms with E-state index in [4.69, 9.17) is 4.74 Å². The standard InChI is InChI=1S/C21H19F5O5S/c22-15-5-6-16(23)19-18(15)20(8-7-17(28)13(9-27)14(20)10-31-19)32(29,30)12-3-1-11(2-4-12)21(24,25)26/h1-6,13-14,17,27-28H,7-10H2/t13?,14-,17-,20+/m0/s1. The molecule has 0 aromatic heterocycles. The second-order valence-electron chi connectivity index (χ2n) is 8.02. The van der Waals surface area contributed by atoms with Crippen LogP contribution in [0.5, 0.6) is 5.75 Å². The molecule has 2 aromatic carbocycles. The molecule has 174 valence electrons. The third-order valence-corrected chi connectivity index (χ3v) is 9.06. The van der Waals surface area contributed by atoms with Gasteiger partial charge in [-0.1, -0.05) is 0 Å². The van der Waals surface area contributed by atoms with Crippen molar-refractivity contribution in [1.29, 1.82) is 0 Å². The van der Waals surface area contributed by atoms with E-state index in [9.17, 15) is 36.2 Å². The van der Waals surface area contributed by atoms with E-state index in [1.807, 2.05) is 0 Å². The second-order valence-corrected chi connectivity index (χ2v) is 10.2. The number of aliphatic hydroxyl groups is 2. The minimum atomic E-state index is -4.69. The molecular formula is C21H19F5O5S. The summed E-state index contributed by atoms with van der Waals surface area (Å²) < 4.78 is 99.5. The number of fused-ring (bicyclic) bond motifs is 3. The molecule has 32 heavy (non-hydrogen) atoms. The largest absolute Gasteiger partial charge is 0.490 e. The Morgan fingerprint density at radius 1 is 1.06 bits per heavy atom. The normalized spacial score (nSPS) is 27.9. The van der Waals surface area contributed by atoms with Gasteiger partial charge in [-0.25, -0.2) is 17.2 Å². The molecular weight excluding hydrogens is 459 g/mol. The van der Waals surface area contributed by atoms with Crippen molar-refractivity contribution in [2.45, 2.75) is 34.8 Å². The lowest BCUT2D eigenvalue weighted by Crippen LogP contribution is -2.58. The van der Waals surface area contributed by atoms with E-state index in [0.29, 0.717) is 12.1 Å². The maximum absolute atomic E-state index is 15.1. The monoisotopic (exact) mass is 478 g/mol. The summed E-state index contributed by atoms with van der Waals surface area (Å²) in [5.74, 6) is -4.86. The van der Waals surface area contributed by atoms with Crippen LogP contribution in [0.3, 0.4) is 0 Å². The Hall–Kier alpha value is -2.24. The molecule has 1 aliphatic carbocycles. The average molecular weight is 478 g/mol. The lowest BCUT2D eigenvalue weighted by atomic mass is 9.66. The van der Waals surface area contributed by atoms with Crippen molar-refractivity contribution >= 4 is 9.84 Å². The molecule has 0 spiro atoms. The summed E-state index contributed by atoms with van der Waals surface area (Å²) in [7, 11) is -4.64. The summed E-state index contributed by atoms with van der Waals surface area (Å²) >= 11 is 0. The SMILES string of the molecule is O=S(=O)(c1ccc(C(F)(F)F)cc1)[C@]12CC[C@H](O)C(CO)[C@@H]1COc1c(F)ccc(F)c12. The quantitative estimate of drug-likeness (QED) is 0.661. The highest BCUT2D eigenvalue weighted by Crippen LogP contribution is 2.58. The first-order valence-corrected chi connectivity index (χ1v) is 11.3. The van der Waals surface area contributed by atoms with Crippen molar-refractivity contribution in [3.63, 3.8) is 0 Å². The first-order valence-electron chi connectivity index (χ1n) is 9.77. The third-order valence-electron chi connectivity index (χ3n) is 6.49. The van der Waals surface area contributed by atoms with Crippen LogP contribution in [-0.4, -0.2) is 37.9 Å². The second kappa shape index (κ2) is 7.67. The molecule has 1 unspecified atom stereocenters. The minimum absolute atomic E-state index is 0.156. The van der Waals surface area contributed by atoms with E-state index in [1.54, 1.807) is 0 Å². The smallest absolute Gasteiger partial charge is 0.416 e. The molecule has 11 heteroatoms. The van der Waals surface area contributed by atoms with Gasteiger partial charge in [-0.3, -0.25) is 0 Å². The zero-order valence-corrected chi connectivity index (χ0v) is 17.3. The molecule has 2 N–H and O–H groups in total. The van der Waals surface area contributed by atoms with Crippen LogP contribution in [0.2, 0.25) is 0 Å². The summed E-state index contributed by atoms with van der Waals surface area (Å²) in [5.41, 5.74) is -1.64. The van der Waals surface area contributed by atoms with Crippen molar-refractivity contribution in [2.75, 3.05) is 13.2 Å². The van der Waals surface area contributed by atoms with Crippen LogP contribution >= 0.6 is 0 Å². The lowest BCUT2D eigenvalue weighted by Gasteiger charge is -2.51. The number of hydrogen-bond acceptors (Lipinski definition) is 5. The van der Waals surface area contributed by atoms with Gasteiger partial charge >= 0.3 is 6.18 Å². The van der Waals surface area contributed by atoms with Crippen LogP contribution in [0, 0.1) is 23.5 Å². The van der Waals surface area contributed by atoms with Crippen molar-refractivity contribution in [3.05, 3.63) is 59.2 Å². The summed E-state index contributed by atoms with van der Waals surface area (Å²) in [5, 5.41) is 20.2. The van der Waals surface area contributed by atoms with Crippen molar-refractivity contribution < 1.29 is 45.3 Å². The molecule has 0 saturated heterocycles.